The van der Waals surface area contributed by atoms with E-state index in [9.17, 15) is 13.6 Å². The second kappa shape index (κ2) is 8.12. The highest BCUT2D eigenvalue weighted by molar-refractivity contribution is 5.77. The standard InChI is InChI=1S/C17H17F2NO2/c18-14-5-3-13(4-6-14)2-1-11-20-17(21)12-22-16-9-7-15(19)8-10-16/h3-10H,1-2,11-12H2,(H,20,21). The van der Waals surface area contributed by atoms with Gasteiger partial charge < -0.3 is 10.1 Å². The van der Waals surface area contributed by atoms with Gasteiger partial charge in [0.2, 0.25) is 0 Å². The molecular weight excluding hydrogens is 288 g/mol. The van der Waals surface area contributed by atoms with E-state index in [-0.39, 0.29) is 24.1 Å². The van der Waals surface area contributed by atoms with E-state index < -0.39 is 0 Å². The fourth-order valence-corrected chi connectivity index (χ4v) is 1.90. The third-order valence-corrected chi connectivity index (χ3v) is 3.06. The fourth-order valence-electron chi connectivity index (χ4n) is 1.90. The summed E-state index contributed by atoms with van der Waals surface area (Å²) in [6.45, 7) is 0.408. The van der Waals surface area contributed by atoms with Crippen molar-refractivity contribution in [2.24, 2.45) is 0 Å². The SMILES string of the molecule is O=C(COc1ccc(F)cc1)NCCCc1ccc(F)cc1. The van der Waals surface area contributed by atoms with Gasteiger partial charge in [0.15, 0.2) is 6.61 Å². The maximum Gasteiger partial charge on any atom is 0.257 e. The van der Waals surface area contributed by atoms with Gasteiger partial charge >= 0.3 is 0 Å². The van der Waals surface area contributed by atoms with Crippen molar-refractivity contribution in [2.75, 3.05) is 13.2 Å². The molecule has 0 aromatic heterocycles. The Morgan fingerprint density at radius 2 is 1.55 bits per heavy atom. The number of benzene rings is 2. The molecule has 2 aromatic carbocycles. The minimum atomic E-state index is -0.349. The third kappa shape index (κ3) is 5.52. The molecule has 0 saturated heterocycles. The first-order chi connectivity index (χ1) is 10.6. The van der Waals surface area contributed by atoms with Crippen molar-refractivity contribution >= 4 is 5.91 Å². The van der Waals surface area contributed by atoms with Crippen molar-refractivity contribution in [3.63, 3.8) is 0 Å². The molecule has 1 amide bonds. The lowest BCUT2D eigenvalue weighted by Crippen LogP contribution is -2.29. The van der Waals surface area contributed by atoms with Crippen molar-refractivity contribution in [1.82, 2.24) is 5.32 Å². The van der Waals surface area contributed by atoms with Gasteiger partial charge in [0.25, 0.3) is 5.91 Å². The number of hydrogen-bond donors (Lipinski definition) is 1. The van der Waals surface area contributed by atoms with Crippen LogP contribution < -0.4 is 10.1 Å². The number of hydrogen-bond acceptors (Lipinski definition) is 2. The molecule has 3 nitrogen and oxygen atoms in total. The molecule has 0 aliphatic heterocycles. The van der Waals surface area contributed by atoms with Crippen LogP contribution in [-0.2, 0) is 11.2 Å². The van der Waals surface area contributed by atoms with Gasteiger partial charge in [-0.25, -0.2) is 8.78 Å². The summed E-state index contributed by atoms with van der Waals surface area (Å²) in [6.07, 6.45) is 1.52. The number of rotatable bonds is 7. The summed E-state index contributed by atoms with van der Waals surface area (Å²) in [6, 6.07) is 11.8. The van der Waals surface area contributed by atoms with E-state index in [0.717, 1.165) is 18.4 Å². The molecule has 5 heteroatoms. The number of aryl methyl sites for hydroxylation is 1. The lowest BCUT2D eigenvalue weighted by Gasteiger charge is -2.07. The molecule has 1 N–H and O–H groups in total. The van der Waals surface area contributed by atoms with Gasteiger partial charge in [-0.3, -0.25) is 4.79 Å². The van der Waals surface area contributed by atoms with E-state index in [0.29, 0.717) is 12.3 Å². The van der Waals surface area contributed by atoms with Crippen LogP contribution in [0.4, 0.5) is 8.78 Å². The van der Waals surface area contributed by atoms with Gasteiger partial charge in [-0.1, -0.05) is 12.1 Å². The molecule has 0 fully saturated rings. The Balaban J connectivity index is 1.61. The van der Waals surface area contributed by atoms with Gasteiger partial charge in [0.1, 0.15) is 17.4 Å². The highest BCUT2D eigenvalue weighted by Gasteiger charge is 2.02. The molecular formula is C17H17F2NO2. The molecule has 116 valence electrons. The number of ether oxygens (including phenoxy) is 1. The number of carbonyl (C=O) groups excluding carboxylic acids is 1. The van der Waals surface area contributed by atoms with Crippen LogP contribution >= 0.6 is 0 Å². The minimum Gasteiger partial charge on any atom is -0.484 e. The lowest BCUT2D eigenvalue weighted by molar-refractivity contribution is -0.123. The molecule has 2 aromatic rings. The molecule has 0 bridgehead atoms. The molecule has 2 rings (SSSR count). The number of carbonyl (C=O) groups is 1. The van der Waals surface area contributed by atoms with Crippen LogP contribution in [0.5, 0.6) is 5.75 Å². The zero-order valence-corrected chi connectivity index (χ0v) is 12.0. The molecule has 0 aliphatic rings. The average Bonchev–Trinajstić information content (AvgIpc) is 2.53. The largest absolute Gasteiger partial charge is 0.484 e. The van der Waals surface area contributed by atoms with Crippen LogP contribution in [0.2, 0.25) is 0 Å². The molecule has 0 spiro atoms. The van der Waals surface area contributed by atoms with E-state index in [2.05, 4.69) is 5.32 Å². The van der Waals surface area contributed by atoms with Gasteiger partial charge in [-0.05, 0) is 54.8 Å². The van der Waals surface area contributed by atoms with Gasteiger partial charge in [0, 0.05) is 6.54 Å². The first kappa shape index (κ1) is 15.9. The monoisotopic (exact) mass is 305 g/mol. The van der Waals surface area contributed by atoms with Crippen LogP contribution in [0.25, 0.3) is 0 Å². The highest BCUT2D eigenvalue weighted by atomic mass is 19.1. The highest BCUT2D eigenvalue weighted by Crippen LogP contribution is 2.10. The number of nitrogens with one attached hydrogen (secondary N) is 1. The molecule has 0 aliphatic carbocycles. The van der Waals surface area contributed by atoms with Gasteiger partial charge in [-0.15, -0.1) is 0 Å². The Bertz CT molecular complexity index is 597. The maximum atomic E-state index is 12.7. The van der Waals surface area contributed by atoms with E-state index in [4.69, 9.17) is 4.74 Å². The van der Waals surface area contributed by atoms with Gasteiger partial charge in [-0.2, -0.15) is 0 Å². The Morgan fingerprint density at radius 1 is 0.955 bits per heavy atom. The summed E-state index contributed by atoms with van der Waals surface area (Å²) in [4.78, 5) is 11.6. The summed E-state index contributed by atoms with van der Waals surface area (Å²) in [7, 11) is 0. The Hall–Kier alpha value is -2.43. The first-order valence-corrected chi connectivity index (χ1v) is 7.03. The van der Waals surface area contributed by atoms with Crippen molar-refractivity contribution in [2.45, 2.75) is 12.8 Å². The minimum absolute atomic E-state index is 0.109. The van der Waals surface area contributed by atoms with Crippen LogP contribution in [-0.4, -0.2) is 19.1 Å². The van der Waals surface area contributed by atoms with Crippen LogP contribution in [0.1, 0.15) is 12.0 Å². The lowest BCUT2D eigenvalue weighted by atomic mass is 10.1. The van der Waals surface area contributed by atoms with Crippen LogP contribution in [0, 0.1) is 11.6 Å². The van der Waals surface area contributed by atoms with E-state index >= 15 is 0 Å². The van der Waals surface area contributed by atoms with Crippen LogP contribution in [0.3, 0.4) is 0 Å². The number of halogens is 2. The van der Waals surface area contributed by atoms with Crippen LogP contribution in [0.15, 0.2) is 48.5 Å². The fraction of sp³-hybridized carbons (Fsp3) is 0.235. The van der Waals surface area contributed by atoms with E-state index in [1.54, 1.807) is 12.1 Å². The second-order valence-electron chi connectivity index (χ2n) is 4.82. The van der Waals surface area contributed by atoms with Crippen molar-refractivity contribution in [1.29, 1.82) is 0 Å². The number of amides is 1. The topological polar surface area (TPSA) is 38.3 Å². The zero-order chi connectivity index (χ0) is 15.8. The molecule has 22 heavy (non-hydrogen) atoms. The summed E-state index contributed by atoms with van der Waals surface area (Å²) in [5.41, 5.74) is 1.03. The quantitative estimate of drug-likeness (QED) is 0.798. The zero-order valence-electron chi connectivity index (χ0n) is 12.0. The smallest absolute Gasteiger partial charge is 0.257 e. The predicted molar refractivity (Wildman–Crippen MR) is 79.6 cm³/mol. The molecule has 0 saturated carbocycles. The van der Waals surface area contributed by atoms with Crippen molar-refractivity contribution in [3.8, 4) is 5.75 Å². The molecule has 0 radical (unpaired) electrons. The summed E-state index contributed by atoms with van der Waals surface area (Å²) in [5.74, 6) is -0.390. The normalized spacial score (nSPS) is 10.3. The molecule has 0 atom stereocenters. The van der Waals surface area contributed by atoms with Crippen molar-refractivity contribution in [3.05, 3.63) is 65.7 Å². The Morgan fingerprint density at radius 3 is 2.18 bits per heavy atom. The van der Waals surface area contributed by atoms with E-state index in [1.807, 2.05) is 0 Å². The Labute approximate surface area is 127 Å². The van der Waals surface area contributed by atoms with E-state index in [1.165, 1.54) is 36.4 Å². The Kier molecular flexibility index (Phi) is 5.89. The van der Waals surface area contributed by atoms with Gasteiger partial charge in [0.05, 0.1) is 0 Å². The second-order valence-corrected chi connectivity index (χ2v) is 4.82. The molecule has 0 heterocycles. The van der Waals surface area contributed by atoms with Crippen molar-refractivity contribution < 1.29 is 18.3 Å². The first-order valence-electron chi connectivity index (χ1n) is 7.03. The summed E-state index contributed by atoms with van der Waals surface area (Å²) < 4.78 is 30.7. The predicted octanol–water partition coefficient (Wildman–Crippen LogP) is 3.09. The summed E-state index contributed by atoms with van der Waals surface area (Å²) in [5, 5.41) is 2.73. The molecule has 0 unspecified atom stereocenters. The maximum absolute atomic E-state index is 12.7. The average molecular weight is 305 g/mol. The summed E-state index contributed by atoms with van der Waals surface area (Å²) >= 11 is 0. The third-order valence-electron chi connectivity index (χ3n) is 3.06.